The second-order valence-electron chi connectivity index (χ2n) is 3.57. The fraction of sp³-hybridized carbons (Fsp3) is 0.0714. The Morgan fingerprint density at radius 1 is 1.24 bits per heavy atom. The third kappa shape index (κ3) is 3.08. The largest absolute Gasteiger partial charge is 0.348 e. The molecule has 0 spiro atoms. The van der Waals surface area contributed by atoms with Gasteiger partial charge in [0.15, 0.2) is 0 Å². The molecule has 0 aliphatic heterocycles. The molecule has 0 saturated carbocycles. The van der Waals surface area contributed by atoms with Crippen molar-refractivity contribution in [2.24, 2.45) is 0 Å². The van der Waals surface area contributed by atoms with Crippen LogP contribution in [-0.4, -0.2) is 5.91 Å². The Labute approximate surface area is 105 Å². The summed E-state index contributed by atoms with van der Waals surface area (Å²) in [6.07, 6.45) is 0. The Balaban J connectivity index is 2.01. The van der Waals surface area contributed by atoms with Gasteiger partial charge in [0.1, 0.15) is 0 Å². The minimum atomic E-state index is -0.185. The van der Waals surface area contributed by atoms with Gasteiger partial charge in [-0.2, -0.15) is 0 Å². The van der Waals surface area contributed by atoms with Crippen LogP contribution in [-0.2, 0) is 6.54 Å². The lowest BCUT2D eigenvalue weighted by Gasteiger charge is -2.06. The van der Waals surface area contributed by atoms with E-state index in [4.69, 9.17) is 11.6 Å². The average Bonchev–Trinajstić information content (AvgIpc) is 2.38. The van der Waals surface area contributed by atoms with E-state index >= 15 is 0 Å². The summed E-state index contributed by atoms with van der Waals surface area (Å²) >= 11 is 5.92. The van der Waals surface area contributed by atoms with E-state index in [1.54, 1.807) is 18.2 Å². The van der Waals surface area contributed by atoms with Gasteiger partial charge in [0.05, 0.1) is 10.6 Å². The summed E-state index contributed by atoms with van der Waals surface area (Å²) in [4.78, 5) is 11.8. The molecule has 1 radical (unpaired) electrons. The molecule has 17 heavy (non-hydrogen) atoms. The molecule has 2 rings (SSSR count). The first kappa shape index (κ1) is 11.7. The quantitative estimate of drug-likeness (QED) is 0.883. The van der Waals surface area contributed by atoms with E-state index in [9.17, 15) is 4.79 Å². The van der Waals surface area contributed by atoms with Crippen LogP contribution in [0.25, 0.3) is 0 Å². The summed E-state index contributed by atoms with van der Waals surface area (Å²) in [7, 11) is 0. The fourth-order valence-electron chi connectivity index (χ4n) is 1.46. The Bertz CT molecular complexity index is 511. The summed E-state index contributed by atoms with van der Waals surface area (Å²) in [5.74, 6) is -0.185. The van der Waals surface area contributed by atoms with E-state index in [1.165, 1.54) is 0 Å². The SMILES string of the molecule is O=C(NCc1ccccc1)c1c[c]ccc1Cl. The summed E-state index contributed by atoms with van der Waals surface area (Å²) < 4.78 is 0. The van der Waals surface area contributed by atoms with Crippen molar-refractivity contribution >= 4 is 17.5 Å². The first-order valence-electron chi connectivity index (χ1n) is 5.25. The van der Waals surface area contributed by atoms with Crippen molar-refractivity contribution < 1.29 is 4.79 Å². The zero-order valence-corrected chi connectivity index (χ0v) is 9.87. The highest BCUT2D eigenvalue weighted by atomic mass is 35.5. The molecule has 2 aromatic carbocycles. The molecule has 2 aromatic rings. The maximum Gasteiger partial charge on any atom is 0.253 e. The van der Waals surface area contributed by atoms with Crippen LogP contribution in [0.15, 0.2) is 48.5 Å². The molecule has 0 saturated heterocycles. The molecular formula is C14H11ClNO. The van der Waals surface area contributed by atoms with Crippen molar-refractivity contribution in [3.63, 3.8) is 0 Å². The van der Waals surface area contributed by atoms with Crippen LogP contribution in [0.5, 0.6) is 0 Å². The molecule has 0 aliphatic carbocycles. The lowest BCUT2D eigenvalue weighted by molar-refractivity contribution is 0.0951. The zero-order valence-electron chi connectivity index (χ0n) is 9.11. The zero-order chi connectivity index (χ0) is 12.1. The van der Waals surface area contributed by atoms with Gasteiger partial charge in [0, 0.05) is 6.54 Å². The van der Waals surface area contributed by atoms with Gasteiger partial charge in [0.2, 0.25) is 0 Å². The molecule has 0 aromatic heterocycles. The van der Waals surface area contributed by atoms with E-state index in [0.29, 0.717) is 17.1 Å². The molecule has 85 valence electrons. The molecule has 2 nitrogen and oxygen atoms in total. The molecular weight excluding hydrogens is 234 g/mol. The van der Waals surface area contributed by atoms with E-state index in [1.807, 2.05) is 30.3 Å². The second-order valence-corrected chi connectivity index (χ2v) is 3.98. The molecule has 0 fully saturated rings. The van der Waals surface area contributed by atoms with Crippen molar-refractivity contribution in [3.8, 4) is 0 Å². The first-order valence-corrected chi connectivity index (χ1v) is 5.63. The predicted octanol–water partition coefficient (Wildman–Crippen LogP) is 3.07. The van der Waals surface area contributed by atoms with E-state index in [0.717, 1.165) is 5.56 Å². The van der Waals surface area contributed by atoms with Gasteiger partial charge in [-0.15, -0.1) is 0 Å². The van der Waals surface area contributed by atoms with E-state index in [2.05, 4.69) is 11.4 Å². The maximum absolute atomic E-state index is 11.8. The number of amides is 1. The predicted molar refractivity (Wildman–Crippen MR) is 67.9 cm³/mol. The molecule has 1 N–H and O–H groups in total. The Kier molecular flexibility index (Phi) is 3.78. The van der Waals surface area contributed by atoms with Gasteiger partial charge in [-0.05, 0) is 23.8 Å². The highest BCUT2D eigenvalue weighted by Crippen LogP contribution is 2.14. The van der Waals surface area contributed by atoms with Crippen LogP contribution in [0.1, 0.15) is 15.9 Å². The van der Waals surface area contributed by atoms with Crippen molar-refractivity contribution in [1.29, 1.82) is 0 Å². The van der Waals surface area contributed by atoms with Crippen molar-refractivity contribution in [2.75, 3.05) is 0 Å². The number of hydrogen-bond donors (Lipinski definition) is 1. The van der Waals surface area contributed by atoms with Crippen LogP contribution >= 0.6 is 11.6 Å². The minimum absolute atomic E-state index is 0.185. The van der Waals surface area contributed by atoms with Crippen LogP contribution < -0.4 is 5.32 Å². The average molecular weight is 245 g/mol. The molecule has 0 bridgehead atoms. The number of benzene rings is 2. The number of halogens is 1. The van der Waals surface area contributed by atoms with Gasteiger partial charge >= 0.3 is 0 Å². The second kappa shape index (κ2) is 5.51. The van der Waals surface area contributed by atoms with Crippen LogP contribution in [0.2, 0.25) is 5.02 Å². The highest BCUT2D eigenvalue weighted by Gasteiger charge is 2.08. The Hall–Kier alpha value is -1.80. The first-order chi connectivity index (χ1) is 8.27. The molecule has 0 unspecified atom stereocenters. The summed E-state index contributed by atoms with van der Waals surface area (Å²) in [5, 5.41) is 3.25. The number of rotatable bonds is 3. The summed E-state index contributed by atoms with van der Waals surface area (Å²) in [5.41, 5.74) is 1.50. The molecule has 0 heterocycles. The topological polar surface area (TPSA) is 29.1 Å². The summed E-state index contributed by atoms with van der Waals surface area (Å²) in [6.45, 7) is 0.491. The van der Waals surface area contributed by atoms with Crippen LogP contribution in [0.3, 0.4) is 0 Å². The minimum Gasteiger partial charge on any atom is -0.348 e. The Morgan fingerprint density at radius 3 is 2.71 bits per heavy atom. The number of hydrogen-bond acceptors (Lipinski definition) is 1. The van der Waals surface area contributed by atoms with Gasteiger partial charge in [-0.3, -0.25) is 4.79 Å². The molecule has 0 atom stereocenters. The van der Waals surface area contributed by atoms with E-state index in [-0.39, 0.29) is 5.91 Å². The monoisotopic (exact) mass is 244 g/mol. The third-order valence-corrected chi connectivity index (χ3v) is 2.68. The van der Waals surface area contributed by atoms with Crippen molar-refractivity contribution in [1.82, 2.24) is 5.32 Å². The smallest absolute Gasteiger partial charge is 0.253 e. The number of carbonyl (C=O) groups is 1. The Morgan fingerprint density at radius 2 is 2.00 bits per heavy atom. The van der Waals surface area contributed by atoms with Crippen LogP contribution in [0, 0.1) is 6.07 Å². The lowest BCUT2D eigenvalue weighted by atomic mass is 10.2. The standard InChI is InChI=1S/C14H11ClNO/c15-13-9-5-4-8-12(13)14(17)16-10-11-6-2-1-3-7-11/h1-3,5-9H,10H2,(H,16,17). The maximum atomic E-state index is 11.8. The van der Waals surface area contributed by atoms with Gasteiger partial charge in [-0.25, -0.2) is 0 Å². The lowest BCUT2D eigenvalue weighted by Crippen LogP contribution is -2.23. The third-order valence-electron chi connectivity index (χ3n) is 2.35. The van der Waals surface area contributed by atoms with E-state index < -0.39 is 0 Å². The van der Waals surface area contributed by atoms with Gasteiger partial charge < -0.3 is 5.32 Å². The molecule has 3 heteroatoms. The van der Waals surface area contributed by atoms with Crippen LogP contribution in [0.4, 0.5) is 0 Å². The fourth-order valence-corrected chi connectivity index (χ4v) is 1.66. The van der Waals surface area contributed by atoms with Gasteiger partial charge in [-0.1, -0.05) is 48.0 Å². The number of nitrogens with one attached hydrogen (secondary N) is 1. The van der Waals surface area contributed by atoms with Crippen molar-refractivity contribution in [2.45, 2.75) is 6.54 Å². The molecule has 0 aliphatic rings. The molecule has 1 amide bonds. The summed E-state index contributed by atoms with van der Waals surface area (Å²) in [6, 6.07) is 17.5. The van der Waals surface area contributed by atoms with Crippen molar-refractivity contribution in [3.05, 3.63) is 70.7 Å². The number of carbonyl (C=O) groups excluding carboxylic acids is 1. The highest BCUT2D eigenvalue weighted by molar-refractivity contribution is 6.33. The normalized spacial score (nSPS) is 9.94. The van der Waals surface area contributed by atoms with Gasteiger partial charge in [0.25, 0.3) is 5.91 Å².